The molecule has 21 heavy (non-hydrogen) atoms. The maximum Gasteiger partial charge on any atom is 0.266 e. The van der Waals surface area contributed by atoms with Gasteiger partial charge in [0.2, 0.25) is 5.91 Å². The minimum atomic E-state index is -0.157. The maximum absolute atomic E-state index is 11.7. The Balaban J connectivity index is 2.07. The number of carbonyl (C=O) groups excluding carboxylic acids is 1. The van der Waals surface area contributed by atoms with Crippen LogP contribution >= 0.6 is 22.7 Å². The summed E-state index contributed by atoms with van der Waals surface area (Å²) in [7, 11) is 3.83. The first kappa shape index (κ1) is 15.6. The fourth-order valence-electron chi connectivity index (χ4n) is 1.54. The Labute approximate surface area is 129 Å². The monoisotopic (exact) mass is 324 g/mol. The van der Waals surface area contributed by atoms with Crippen LogP contribution in [0.3, 0.4) is 0 Å². The molecule has 1 amide bonds. The number of hydrogen-bond donors (Lipinski definition) is 2. The van der Waals surface area contributed by atoms with Crippen LogP contribution in [0.25, 0.3) is 12.7 Å². The van der Waals surface area contributed by atoms with Gasteiger partial charge in [-0.05, 0) is 20.2 Å². The van der Waals surface area contributed by atoms with E-state index in [1.54, 1.807) is 12.3 Å². The lowest BCUT2D eigenvalue weighted by atomic mass is 10.4. The molecule has 2 rings (SSSR count). The van der Waals surface area contributed by atoms with Crippen molar-refractivity contribution in [2.45, 2.75) is 6.42 Å². The third-order valence-corrected chi connectivity index (χ3v) is 4.27. The molecule has 2 aromatic heterocycles. The van der Waals surface area contributed by atoms with Crippen LogP contribution in [0.2, 0.25) is 0 Å². The van der Waals surface area contributed by atoms with Crippen molar-refractivity contribution < 1.29 is 4.79 Å². The molecule has 0 unspecified atom stereocenters. The highest BCUT2D eigenvalue weighted by Crippen LogP contribution is 2.18. The average molecular weight is 324 g/mol. The molecule has 0 saturated carbocycles. The Morgan fingerprint density at radius 2 is 2.29 bits per heavy atom. The molecule has 0 saturated heterocycles. The molecule has 2 aromatic rings. The molecule has 6 nitrogen and oxygen atoms in total. The predicted molar refractivity (Wildman–Crippen MR) is 87.2 cm³/mol. The van der Waals surface area contributed by atoms with Crippen LogP contribution in [0.5, 0.6) is 0 Å². The lowest BCUT2D eigenvalue weighted by Crippen LogP contribution is -2.20. The topological polar surface area (TPSA) is 78.1 Å². The third kappa shape index (κ3) is 4.62. The second kappa shape index (κ2) is 6.79. The van der Waals surface area contributed by atoms with Crippen LogP contribution in [0.1, 0.15) is 11.3 Å². The van der Waals surface area contributed by atoms with Crippen molar-refractivity contribution in [3.8, 4) is 0 Å². The zero-order valence-corrected chi connectivity index (χ0v) is 13.4. The van der Waals surface area contributed by atoms with Gasteiger partial charge in [0.15, 0.2) is 5.13 Å². The number of aromatic nitrogens is 2. The first-order chi connectivity index (χ1) is 9.94. The zero-order valence-electron chi connectivity index (χ0n) is 11.8. The summed E-state index contributed by atoms with van der Waals surface area (Å²) in [4.78, 5) is 32.8. The molecular weight excluding hydrogens is 308 g/mol. The van der Waals surface area contributed by atoms with Gasteiger partial charge in [-0.25, -0.2) is 4.98 Å². The molecule has 0 bridgehead atoms. The van der Waals surface area contributed by atoms with Gasteiger partial charge in [0, 0.05) is 19.2 Å². The van der Waals surface area contributed by atoms with Crippen molar-refractivity contribution in [2.24, 2.45) is 0 Å². The highest BCUT2D eigenvalue weighted by molar-refractivity contribution is 7.16. The van der Waals surface area contributed by atoms with E-state index in [0.29, 0.717) is 27.3 Å². The van der Waals surface area contributed by atoms with Gasteiger partial charge in [-0.3, -0.25) is 9.59 Å². The quantitative estimate of drug-likeness (QED) is 0.813. The first-order valence-electron chi connectivity index (χ1n) is 6.24. The van der Waals surface area contributed by atoms with Crippen LogP contribution in [0.15, 0.2) is 11.0 Å². The third-order valence-electron chi connectivity index (χ3n) is 2.54. The van der Waals surface area contributed by atoms with Gasteiger partial charge < -0.3 is 15.2 Å². The van der Waals surface area contributed by atoms with Gasteiger partial charge in [-0.15, -0.1) is 11.3 Å². The largest absolute Gasteiger partial charge is 0.313 e. The van der Waals surface area contributed by atoms with Crippen LogP contribution < -0.4 is 20.1 Å². The van der Waals surface area contributed by atoms with Crippen LogP contribution in [0, 0.1) is 0 Å². The van der Waals surface area contributed by atoms with Crippen LogP contribution in [-0.4, -0.2) is 41.4 Å². The highest BCUT2D eigenvalue weighted by Gasteiger charge is 2.06. The number of carbonyl (C=O) groups is 1. The van der Waals surface area contributed by atoms with E-state index in [1.165, 1.54) is 22.7 Å². The standard InChI is InChI=1S/C13H16N4O2S2/c1-8-15-12(19)10(20-8)6-9-7-14-13(21-9)16-11(18)4-5-17(2)3/h6-7H,1,4-5H2,2-3H3,(H,15,19)(H,14,16,18)/b10-6-. The smallest absolute Gasteiger partial charge is 0.266 e. The SMILES string of the molecule is C=c1[nH]c(=O)/c(=C/c2cnc(NC(=O)CCN(C)C)s2)s1. The van der Waals surface area contributed by atoms with Crippen molar-refractivity contribution >= 4 is 46.4 Å². The maximum atomic E-state index is 11.7. The van der Waals surface area contributed by atoms with Gasteiger partial charge in [0.1, 0.15) is 0 Å². The Morgan fingerprint density at radius 3 is 2.90 bits per heavy atom. The van der Waals surface area contributed by atoms with Gasteiger partial charge in [-0.2, -0.15) is 0 Å². The van der Waals surface area contributed by atoms with Gasteiger partial charge in [0.25, 0.3) is 5.56 Å². The summed E-state index contributed by atoms with van der Waals surface area (Å²) >= 11 is 2.62. The van der Waals surface area contributed by atoms with Gasteiger partial charge in [-0.1, -0.05) is 17.9 Å². The number of rotatable bonds is 5. The van der Waals surface area contributed by atoms with Crippen LogP contribution in [0.4, 0.5) is 5.13 Å². The summed E-state index contributed by atoms with van der Waals surface area (Å²) in [6.07, 6.45) is 3.79. The number of amides is 1. The Bertz CT molecular complexity index is 788. The summed E-state index contributed by atoms with van der Waals surface area (Å²) < 4.78 is 1.20. The molecule has 0 spiro atoms. The van der Waals surface area contributed by atoms with E-state index in [2.05, 4.69) is 21.9 Å². The van der Waals surface area contributed by atoms with Crippen molar-refractivity contribution in [1.29, 1.82) is 0 Å². The normalized spacial score (nSPS) is 12.0. The van der Waals surface area contributed by atoms with Crippen molar-refractivity contribution in [3.05, 3.63) is 30.6 Å². The fourth-order valence-corrected chi connectivity index (χ4v) is 3.12. The summed E-state index contributed by atoms with van der Waals surface area (Å²) in [6.45, 7) is 4.38. The molecular formula is C13H16N4O2S2. The second-order valence-corrected chi connectivity index (χ2v) is 6.86. The molecule has 112 valence electrons. The molecule has 0 aliphatic carbocycles. The number of H-pyrrole nitrogens is 1. The van der Waals surface area contributed by atoms with E-state index >= 15 is 0 Å². The predicted octanol–water partition coefficient (Wildman–Crippen LogP) is 0.0222. The number of aromatic amines is 1. The molecule has 0 aliphatic heterocycles. The van der Waals surface area contributed by atoms with E-state index in [-0.39, 0.29) is 11.5 Å². The molecule has 0 aliphatic rings. The summed E-state index contributed by atoms with van der Waals surface area (Å²) in [5.41, 5.74) is -0.157. The molecule has 0 atom stereocenters. The minimum absolute atomic E-state index is 0.0707. The van der Waals surface area contributed by atoms with Crippen molar-refractivity contribution in [2.75, 3.05) is 26.0 Å². The van der Waals surface area contributed by atoms with Crippen LogP contribution in [-0.2, 0) is 4.79 Å². The van der Waals surface area contributed by atoms with E-state index in [1.807, 2.05) is 19.0 Å². The van der Waals surface area contributed by atoms with E-state index < -0.39 is 0 Å². The number of nitrogens with one attached hydrogen (secondary N) is 2. The molecule has 0 aromatic carbocycles. The van der Waals surface area contributed by atoms with E-state index in [9.17, 15) is 9.59 Å². The number of anilines is 1. The molecule has 0 radical (unpaired) electrons. The highest BCUT2D eigenvalue weighted by atomic mass is 32.1. The zero-order chi connectivity index (χ0) is 15.4. The second-order valence-electron chi connectivity index (χ2n) is 4.66. The molecule has 8 heteroatoms. The lowest BCUT2D eigenvalue weighted by Gasteiger charge is -2.07. The Hall–Kier alpha value is -1.77. The van der Waals surface area contributed by atoms with E-state index in [4.69, 9.17) is 0 Å². The fraction of sp³-hybridized carbons (Fsp3) is 0.308. The first-order valence-corrected chi connectivity index (χ1v) is 7.87. The number of thiazole rings is 2. The lowest BCUT2D eigenvalue weighted by molar-refractivity contribution is -0.116. The van der Waals surface area contributed by atoms with Gasteiger partial charge in [0.05, 0.1) is 14.1 Å². The summed E-state index contributed by atoms with van der Waals surface area (Å²) in [5.74, 6) is -0.0707. The number of hydrogen-bond acceptors (Lipinski definition) is 6. The van der Waals surface area contributed by atoms with Crippen molar-refractivity contribution in [3.63, 3.8) is 0 Å². The average Bonchev–Trinajstić information content (AvgIpc) is 2.95. The van der Waals surface area contributed by atoms with E-state index in [0.717, 1.165) is 4.88 Å². The molecule has 2 heterocycles. The van der Waals surface area contributed by atoms with Crippen molar-refractivity contribution in [1.82, 2.24) is 14.9 Å². The van der Waals surface area contributed by atoms with Gasteiger partial charge >= 0.3 is 0 Å². The minimum Gasteiger partial charge on any atom is -0.313 e. The summed E-state index contributed by atoms with van der Waals surface area (Å²) in [5, 5.41) is 3.29. The molecule has 0 fully saturated rings. The number of nitrogens with zero attached hydrogens (tertiary/aromatic N) is 2. The Kier molecular flexibility index (Phi) is 5.05. The summed E-state index contributed by atoms with van der Waals surface area (Å²) in [6, 6.07) is 0. The Morgan fingerprint density at radius 1 is 1.52 bits per heavy atom. The molecule has 2 N–H and O–H groups in total.